The number of benzene rings is 8. The Morgan fingerprint density at radius 2 is 0.732 bits per heavy atom. The summed E-state index contributed by atoms with van der Waals surface area (Å²) in [6.07, 6.45) is 3.81. The summed E-state index contributed by atoms with van der Waals surface area (Å²) in [7, 11) is 0. The predicted octanol–water partition coefficient (Wildman–Crippen LogP) is 14.5. The molecule has 8 aromatic carbocycles. The molecular formula is C54H40N2. The van der Waals surface area contributed by atoms with E-state index >= 15 is 0 Å². The zero-order valence-electron chi connectivity index (χ0n) is 31.6. The molecule has 0 aliphatic carbocycles. The van der Waals surface area contributed by atoms with E-state index in [-0.39, 0.29) is 0 Å². The van der Waals surface area contributed by atoms with Crippen molar-refractivity contribution in [2.24, 2.45) is 0 Å². The molecule has 2 nitrogen and oxygen atoms in total. The molecule has 2 aromatic heterocycles. The Morgan fingerprint density at radius 3 is 1.14 bits per heavy atom. The molecule has 0 fully saturated rings. The monoisotopic (exact) mass is 716 g/mol. The van der Waals surface area contributed by atoms with Crippen molar-refractivity contribution >= 4 is 43.1 Å². The van der Waals surface area contributed by atoms with Gasteiger partial charge in [0.1, 0.15) is 0 Å². The molecule has 0 aliphatic rings. The fraction of sp³-hybridized carbons (Fsp3) is 0.0741. The Balaban J connectivity index is 1.11. The number of aromatic nitrogens is 2. The Kier molecular flexibility index (Phi) is 8.45. The lowest BCUT2D eigenvalue weighted by Gasteiger charge is -2.18. The summed E-state index contributed by atoms with van der Waals surface area (Å²) in [5.41, 5.74) is 13.7. The molecule has 0 amide bonds. The highest BCUT2D eigenvalue weighted by Crippen LogP contribution is 2.43. The van der Waals surface area contributed by atoms with Gasteiger partial charge in [0.2, 0.25) is 0 Å². The van der Waals surface area contributed by atoms with E-state index in [1.807, 2.05) is 24.4 Å². The van der Waals surface area contributed by atoms with Crippen molar-refractivity contribution in [1.82, 2.24) is 9.97 Å². The highest BCUT2D eigenvalue weighted by Gasteiger charge is 2.18. The van der Waals surface area contributed by atoms with E-state index in [1.54, 1.807) is 0 Å². The topological polar surface area (TPSA) is 25.8 Å². The van der Waals surface area contributed by atoms with Crippen LogP contribution < -0.4 is 0 Å². The van der Waals surface area contributed by atoms with Crippen LogP contribution in [0.1, 0.15) is 25.0 Å². The average molecular weight is 717 g/mol. The van der Waals surface area contributed by atoms with Crippen LogP contribution in [-0.2, 0) is 12.8 Å². The van der Waals surface area contributed by atoms with Crippen molar-refractivity contribution in [3.05, 3.63) is 193 Å². The number of hydrogen-bond donors (Lipinski definition) is 0. The first-order valence-electron chi connectivity index (χ1n) is 19.7. The molecule has 266 valence electrons. The standard InChI is InChI=1S/C54H40N2/c1-3-39-42-15-5-9-19-46(42)52(47-20-10-6-16-43(39)47)36-26-24-35(25-27-36)41-32-33-51(50-23-13-14-34-55-50)56-54(41)38-30-28-37(29-31-38)53-48-21-11-7-17-44(48)40(4-2)45-18-8-12-22-49(45)53/h5-34H,3-4H2,1-2H3. The van der Waals surface area contributed by atoms with Crippen LogP contribution in [0, 0.1) is 0 Å². The second-order valence-electron chi connectivity index (χ2n) is 14.6. The van der Waals surface area contributed by atoms with Gasteiger partial charge < -0.3 is 0 Å². The van der Waals surface area contributed by atoms with Gasteiger partial charge in [0, 0.05) is 17.3 Å². The lowest BCUT2D eigenvalue weighted by Crippen LogP contribution is -1.95. The van der Waals surface area contributed by atoms with Gasteiger partial charge in [-0.3, -0.25) is 4.98 Å². The molecule has 0 saturated heterocycles. The Labute approximate surface area is 327 Å². The van der Waals surface area contributed by atoms with Crippen LogP contribution in [0.4, 0.5) is 0 Å². The third kappa shape index (κ3) is 5.57. The number of aryl methyl sites for hydroxylation is 2. The van der Waals surface area contributed by atoms with Gasteiger partial charge in [-0.25, -0.2) is 4.98 Å². The average Bonchev–Trinajstić information content (AvgIpc) is 3.27. The molecule has 2 heterocycles. The Hall–Kier alpha value is -6.90. The lowest BCUT2D eigenvalue weighted by molar-refractivity contribution is 1.18. The maximum atomic E-state index is 5.33. The highest BCUT2D eigenvalue weighted by molar-refractivity contribution is 6.16. The van der Waals surface area contributed by atoms with Crippen LogP contribution in [-0.4, -0.2) is 9.97 Å². The number of pyridine rings is 2. The Bertz CT molecular complexity index is 2960. The van der Waals surface area contributed by atoms with Gasteiger partial charge in [0.25, 0.3) is 0 Å². The molecule has 0 radical (unpaired) electrons. The second kappa shape index (κ2) is 14.1. The third-order valence-electron chi connectivity index (χ3n) is 11.5. The van der Waals surface area contributed by atoms with E-state index < -0.39 is 0 Å². The van der Waals surface area contributed by atoms with Crippen LogP contribution in [0.5, 0.6) is 0 Å². The molecule has 10 aromatic rings. The van der Waals surface area contributed by atoms with Gasteiger partial charge in [-0.05, 0) is 119 Å². The van der Waals surface area contributed by atoms with Crippen LogP contribution in [0.25, 0.3) is 99.1 Å². The summed E-state index contributed by atoms with van der Waals surface area (Å²) in [6, 6.07) is 63.8. The van der Waals surface area contributed by atoms with E-state index in [0.717, 1.165) is 46.6 Å². The van der Waals surface area contributed by atoms with E-state index in [1.165, 1.54) is 76.5 Å². The van der Waals surface area contributed by atoms with Gasteiger partial charge in [-0.1, -0.05) is 166 Å². The van der Waals surface area contributed by atoms with Crippen LogP contribution in [0.15, 0.2) is 182 Å². The molecule has 0 saturated carbocycles. The maximum absolute atomic E-state index is 5.33. The molecule has 10 rings (SSSR count). The molecule has 0 N–H and O–H groups in total. The summed E-state index contributed by atoms with van der Waals surface area (Å²) in [6.45, 7) is 4.52. The van der Waals surface area contributed by atoms with Gasteiger partial charge >= 0.3 is 0 Å². The Morgan fingerprint density at radius 1 is 0.339 bits per heavy atom. The van der Waals surface area contributed by atoms with Crippen molar-refractivity contribution in [1.29, 1.82) is 0 Å². The number of hydrogen-bond acceptors (Lipinski definition) is 2. The quantitative estimate of drug-likeness (QED) is 0.153. The SMILES string of the molecule is CCc1c2ccccc2c(-c2ccc(-c3ccc(-c4ccccn4)nc3-c3ccc(-c4c5ccccc5c(CC)c5ccccc45)cc3)cc2)c2ccccc12. The maximum Gasteiger partial charge on any atom is 0.0894 e. The van der Waals surface area contributed by atoms with E-state index in [4.69, 9.17) is 4.98 Å². The summed E-state index contributed by atoms with van der Waals surface area (Å²) in [5.74, 6) is 0. The number of nitrogens with zero attached hydrogens (tertiary/aromatic N) is 2. The summed E-state index contributed by atoms with van der Waals surface area (Å²) in [4.78, 5) is 9.99. The number of fused-ring (bicyclic) bond motifs is 4. The van der Waals surface area contributed by atoms with E-state index in [0.29, 0.717) is 0 Å². The summed E-state index contributed by atoms with van der Waals surface area (Å²) < 4.78 is 0. The van der Waals surface area contributed by atoms with E-state index in [2.05, 4.69) is 177 Å². The molecule has 2 heteroatoms. The van der Waals surface area contributed by atoms with Crippen LogP contribution in [0.3, 0.4) is 0 Å². The van der Waals surface area contributed by atoms with Crippen molar-refractivity contribution in [2.75, 3.05) is 0 Å². The minimum Gasteiger partial charge on any atom is -0.255 e. The zero-order valence-corrected chi connectivity index (χ0v) is 31.6. The fourth-order valence-corrected chi connectivity index (χ4v) is 9.00. The van der Waals surface area contributed by atoms with E-state index in [9.17, 15) is 0 Å². The molecule has 0 aliphatic heterocycles. The minimum absolute atomic E-state index is 0.853. The molecule has 0 unspecified atom stereocenters. The van der Waals surface area contributed by atoms with Gasteiger partial charge in [-0.2, -0.15) is 0 Å². The third-order valence-corrected chi connectivity index (χ3v) is 11.5. The van der Waals surface area contributed by atoms with Gasteiger partial charge in [-0.15, -0.1) is 0 Å². The van der Waals surface area contributed by atoms with Crippen LogP contribution in [0.2, 0.25) is 0 Å². The van der Waals surface area contributed by atoms with Gasteiger partial charge in [0.15, 0.2) is 0 Å². The summed E-state index contributed by atoms with van der Waals surface area (Å²) >= 11 is 0. The number of rotatable bonds is 7. The molecule has 0 spiro atoms. The zero-order chi connectivity index (χ0) is 37.6. The first-order chi connectivity index (χ1) is 27.7. The van der Waals surface area contributed by atoms with Crippen LogP contribution >= 0.6 is 0 Å². The lowest BCUT2D eigenvalue weighted by atomic mass is 9.86. The summed E-state index contributed by atoms with van der Waals surface area (Å²) in [5, 5.41) is 10.5. The fourth-order valence-electron chi connectivity index (χ4n) is 9.00. The molecule has 0 atom stereocenters. The molecular weight excluding hydrogens is 677 g/mol. The smallest absolute Gasteiger partial charge is 0.0894 e. The van der Waals surface area contributed by atoms with Crippen molar-refractivity contribution < 1.29 is 0 Å². The minimum atomic E-state index is 0.853. The molecule has 0 bridgehead atoms. The molecule has 56 heavy (non-hydrogen) atoms. The second-order valence-corrected chi connectivity index (χ2v) is 14.6. The van der Waals surface area contributed by atoms with Crippen molar-refractivity contribution in [3.8, 4) is 56.0 Å². The first-order valence-corrected chi connectivity index (χ1v) is 19.7. The first kappa shape index (κ1) is 33.7. The van der Waals surface area contributed by atoms with Gasteiger partial charge in [0.05, 0.1) is 17.1 Å². The van der Waals surface area contributed by atoms with Crippen molar-refractivity contribution in [2.45, 2.75) is 26.7 Å². The highest BCUT2D eigenvalue weighted by atomic mass is 14.8. The normalized spacial score (nSPS) is 11.5. The predicted molar refractivity (Wildman–Crippen MR) is 238 cm³/mol. The van der Waals surface area contributed by atoms with Crippen molar-refractivity contribution in [3.63, 3.8) is 0 Å². The largest absolute Gasteiger partial charge is 0.255 e.